The lowest BCUT2D eigenvalue weighted by molar-refractivity contribution is 0.569. The van der Waals surface area contributed by atoms with Crippen molar-refractivity contribution in [1.29, 1.82) is 0 Å². The van der Waals surface area contributed by atoms with Crippen LogP contribution < -0.4 is 11.1 Å². The van der Waals surface area contributed by atoms with Crippen LogP contribution in [-0.4, -0.2) is 19.6 Å². The van der Waals surface area contributed by atoms with E-state index in [-0.39, 0.29) is 0 Å². The Hall–Kier alpha value is -0.0800. The largest absolute Gasteiger partial charge is 0.327 e. The molecule has 8 heavy (non-hydrogen) atoms. The Labute approximate surface area is 51.5 Å². The first kappa shape index (κ1) is 7.92. The van der Waals surface area contributed by atoms with E-state index in [1.54, 1.807) is 0 Å². The Morgan fingerprint density at radius 1 is 1.62 bits per heavy atom. The van der Waals surface area contributed by atoms with E-state index in [1.165, 1.54) is 6.42 Å². The minimum atomic E-state index is 0.352. The molecule has 3 N–H and O–H groups in total. The summed E-state index contributed by atoms with van der Waals surface area (Å²) in [7, 11) is 1.93. The normalized spacial score (nSPS) is 13.9. The highest BCUT2D eigenvalue weighted by Crippen LogP contribution is 1.89. The minimum Gasteiger partial charge on any atom is -0.327 e. The molecule has 2 heteroatoms. The van der Waals surface area contributed by atoms with Crippen molar-refractivity contribution in [2.45, 2.75) is 25.8 Å². The Balaban J connectivity index is 2.92. The molecule has 0 heterocycles. The Morgan fingerprint density at radius 3 is 2.62 bits per heavy atom. The van der Waals surface area contributed by atoms with E-state index >= 15 is 0 Å². The van der Waals surface area contributed by atoms with Crippen molar-refractivity contribution in [3.05, 3.63) is 0 Å². The number of hydrogen-bond donors (Lipinski definition) is 2. The van der Waals surface area contributed by atoms with Crippen molar-refractivity contribution in [3.8, 4) is 0 Å². The Morgan fingerprint density at radius 2 is 2.25 bits per heavy atom. The molecule has 0 aromatic rings. The van der Waals surface area contributed by atoms with Gasteiger partial charge in [0.05, 0.1) is 0 Å². The van der Waals surface area contributed by atoms with Crippen molar-refractivity contribution < 1.29 is 0 Å². The highest BCUT2D eigenvalue weighted by atomic mass is 14.9. The van der Waals surface area contributed by atoms with Crippen LogP contribution in [0.4, 0.5) is 0 Å². The molecule has 0 amide bonds. The van der Waals surface area contributed by atoms with Crippen LogP contribution in [0, 0.1) is 0 Å². The van der Waals surface area contributed by atoms with Crippen LogP contribution in [0.3, 0.4) is 0 Å². The zero-order chi connectivity index (χ0) is 6.41. The summed E-state index contributed by atoms with van der Waals surface area (Å²) in [6, 6.07) is 0.352. The summed E-state index contributed by atoms with van der Waals surface area (Å²) < 4.78 is 0. The van der Waals surface area contributed by atoms with Gasteiger partial charge < -0.3 is 11.1 Å². The molecule has 50 valence electrons. The van der Waals surface area contributed by atoms with Crippen molar-refractivity contribution in [1.82, 2.24) is 5.32 Å². The van der Waals surface area contributed by atoms with Gasteiger partial charge in [0.15, 0.2) is 0 Å². The zero-order valence-electron chi connectivity index (χ0n) is 5.78. The van der Waals surface area contributed by atoms with Crippen molar-refractivity contribution in [2.75, 3.05) is 13.6 Å². The number of rotatable bonds is 4. The smallest absolute Gasteiger partial charge is 0.0165 e. The van der Waals surface area contributed by atoms with Crippen LogP contribution >= 0.6 is 0 Å². The van der Waals surface area contributed by atoms with Gasteiger partial charge in [0.2, 0.25) is 0 Å². The van der Waals surface area contributed by atoms with Gasteiger partial charge in [0.1, 0.15) is 0 Å². The van der Waals surface area contributed by atoms with E-state index < -0.39 is 0 Å². The molecule has 0 radical (unpaired) electrons. The number of likely N-dealkylation sites (N-methyl/N-ethyl adjacent to an activating group) is 1. The third-order valence-corrected chi connectivity index (χ3v) is 1.13. The molecule has 0 aliphatic rings. The average molecular weight is 116 g/mol. The van der Waals surface area contributed by atoms with Crippen LogP contribution in [-0.2, 0) is 0 Å². The van der Waals surface area contributed by atoms with Gasteiger partial charge in [0.25, 0.3) is 0 Å². The lowest BCUT2D eigenvalue weighted by Crippen LogP contribution is -2.31. The van der Waals surface area contributed by atoms with Gasteiger partial charge >= 0.3 is 0 Å². The van der Waals surface area contributed by atoms with E-state index in [0.717, 1.165) is 13.0 Å². The third-order valence-electron chi connectivity index (χ3n) is 1.13. The summed E-state index contributed by atoms with van der Waals surface area (Å²) in [6.45, 7) is 3.09. The summed E-state index contributed by atoms with van der Waals surface area (Å²) in [5.41, 5.74) is 5.63. The van der Waals surface area contributed by atoms with Crippen LogP contribution in [0.25, 0.3) is 0 Å². The Bertz CT molecular complexity index is 39.8. The molecule has 0 fully saturated rings. The SMILES string of the molecule is CCC[C@@H](N)CNC. The second-order valence-electron chi connectivity index (χ2n) is 2.11. The summed E-state index contributed by atoms with van der Waals surface area (Å²) in [4.78, 5) is 0. The van der Waals surface area contributed by atoms with Crippen LogP contribution in [0.5, 0.6) is 0 Å². The lowest BCUT2D eigenvalue weighted by Gasteiger charge is -2.07. The van der Waals surface area contributed by atoms with Gasteiger partial charge in [-0.25, -0.2) is 0 Å². The van der Waals surface area contributed by atoms with Gasteiger partial charge in [-0.05, 0) is 13.5 Å². The van der Waals surface area contributed by atoms with Crippen molar-refractivity contribution in [2.24, 2.45) is 5.73 Å². The van der Waals surface area contributed by atoms with E-state index in [9.17, 15) is 0 Å². The maximum absolute atomic E-state index is 5.63. The molecule has 0 saturated carbocycles. The maximum atomic E-state index is 5.63. The first-order valence-corrected chi connectivity index (χ1v) is 3.21. The topological polar surface area (TPSA) is 38.0 Å². The first-order chi connectivity index (χ1) is 3.81. The molecule has 0 aromatic heterocycles. The molecular formula is C6H16N2. The molecule has 0 aliphatic heterocycles. The summed E-state index contributed by atoms with van der Waals surface area (Å²) >= 11 is 0. The van der Waals surface area contributed by atoms with E-state index in [0.29, 0.717) is 6.04 Å². The molecule has 0 spiro atoms. The van der Waals surface area contributed by atoms with Gasteiger partial charge in [0, 0.05) is 12.6 Å². The van der Waals surface area contributed by atoms with Gasteiger partial charge in [-0.15, -0.1) is 0 Å². The fourth-order valence-corrected chi connectivity index (χ4v) is 0.735. The monoisotopic (exact) mass is 116 g/mol. The predicted octanol–water partition coefficient (Wildman–Crippen LogP) is 0.333. The zero-order valence-corrected chi connectivity index (χ0v) is 5.78. The molecule has 0 rings (SSSR count). The average Bonchev–Trinajstić information content (AvgIpc) is 1.68. The molecule has 0 saturated heterocycles. The first-order valence-electron chi connectivity index (χ1n) is 3.21. The van der Waals surface area contributed by atoms with E-state index in [2.05, 4.69) is 12.2 Å². The minimum absolute atomic E-state index is 0.352. The fourth-order valence-electron chi connectivity index (χ4n) is 0.735. The molecule has 2 nitrogen and oxygen atoms in total. The number of nitrogens with one attached hydrogen (secondary N) is 1. The quantitative estimate of drug-likeness (QED) is 0.555. The van der Waals surface area contributed by atoms with E-state index in [4.69, 9.17) is 5.73 Å². The summed E-state index contributed by atoms with van der Waals surface area (Å²) in [6.07, 6.45) is 2.31. The molecule has 0 bridgehead atoms. The second-order valence-corrected chi connectivity index (χ2v) is 2.11. The molecule has 0 unspecified atom stereocenters. The summed E-state index contributed by atoms with van der Waals surface area (Å²) in [5, 5.41) is 3.03. The van der Waals surface area contributed by atoms with E-state index in [1.807, 2.05) is 7.05 Å². The van der Waals surface area contributed by atoms with Crippen LogP contribution in [0.1, 0.15) is 19.8 Å². The summed E-state index contributed by atoms with van der Waals surface area (Å²) in [5.74, 6) is 0. The Kier molecular flexibility index (Phi) is 5.01. The maximum Gasteiger partial charge on any atom is 0.0165 e. The standard InChI is InChI=1S/C6H16N2/c1-3-4-6(7)5-8-2/h6,8H,3-5,7H2,1-2H3/t6-/m1/s1. The highest BCUT2D eigenvalue weighted by Gasteiger charge is 1.95. The lowest BCUT2D eigenvalue weighted by atomic mass is 10.2. The van der Waals surface area contributed by atoms with Crippen LogP contribution in [0.2, 0.25) is 0 Å². The second kappa shape index (κ2) is 5.06. The number of nitrogens with two attached hydrogens (primary N) is 1. The van der Waals surface area contributed by atoms with Crippen molar-refractivity contribution >= 4 is 0 Å². The van der Waals surface area contributed by atoms with Gasteiger partial charge in [-0.1, -0.05) is 13.3 Å². The fraction of sp³-hybridized carbons (Fsp3) is 1.00. The van der Waals surface area contributed by atoms with Crippen molar-refractivity contribution in [3.63, 3.8) is 0 Å². The van der Waals surface area contributed by atoms with Crippen LogP contribution in [0.15, 0.2) is 0 Å². The third kappa shape index (κ3) is 4.09. The van der Waals surface area contributed by atoms with Gasteiger partial charge in [-0.3, -0.25) is 0 Å². The molecule has 1 atom stereocenters. The molecule has 0 aromatic carbocycles. The number of hydrogen-bond acceptors (Lipinski definition) is 2. The predicted molar refractivity (Wildman–Crippen MR) is 36.8 cm³/mol. The molecular weight excluding hydrogens is 100 g/mol. The molecule has 0 aliphatic carbocycles. The van der Waals surface area contributed by atoms with Gasteiger partial charge in [-0.2, -0.15) is 0 Å². The highest BCUT2D eigenvalue weighted by molar-refractivity contribution is 4.60.